The molecule has 0 aliphatic carbocycles. The summed E-state index contributed by atoms with van der Waals surface area (Å²) in [7, 11) is -4.67. The van der Waals surface area contributed by atoms with Crippen molar-refractivity contribution >= 4 is 40.9 Å². The van der Waals surface area contributed by atoms with Crippen LogP contribution < -0.4 is 10.6 Å². The SMILES string of the molecule is CCO[Si](C)(CCCNC(=O)CC(C(=O)O)C(CC(=O)NCCC[Si](C)(OCC)OCC)C(=O)O)OCC. The number of hydrogen-bond acceptors (Lipinski definition) is 8. The van der Waals surface area contributed by atoms with Gasteiger partial charge in [-0.3, -0.25) is 19.2 Å². The lowest BCUT2D eigenvalue weighted by Gasteiger charge is -2.26. The van der Waals surface area contributed by atoms with E-state index in [4.69, 9.17) is 17.7 Å². The summed E-state index contributed by atoms with van der Waals surface area (Å²) in [5, 5.41) is 24.5. The fourth-order valence-electron chi connectivity index (χ4n) is 4.22. The second-order valence-corrected chi connectivity index (χ2v) is 15.9. The van der Waals surface area contributed by atoms with Crippen LogP contribution in [0.3, 0.4) is 0 Å². The molecule has 14 heteroatoms. The first-order valence-corrected chi connectivity index (χ1v) is 18.5. The Morgan fingerprint density at radius 3 is 1.16 bits per heavy atom. The van der Waals surface area contributed by atoms with Gasteiger partial charge in [-0.1, -0.05) is 0 Å². The van der Waals surface area contributed by atoms with Gasteiger partial charge in [0.05, 0.1) is 11.8 Å². The first-order valence-electron chi connectivity index (χ1n) is 13.4. The highest BCUT2D eigenvalue weighted by molar-refractivity contribution is 6.66. The van der Waals surface area contributed by atoms with Crippen molar-refractivity contribution in [1.82, 2.24) is 10.6 Å². The molecule has 0 aromatic rings. The average Bonchev–Trinajstić information content (AvgIpc) is 2.82. The van der Waals surface area contributed by atoms with Gasteiger partial charge in [-0.2, -0.15) is 0 Å². The zero-order valence-corrected chi connectivity index (χ0v) is 25.8. The summed E-state index contributed by atoms with van der Waals surface area (Å²) in [6.45, 7) is 14.1. The van der Waals surface area contributed by atoms with E-state index in [1.54, 1.807) is 0 Å². The number of amides is 2. The van der Waals surface area contributed by atoms with Crippen LogP contribution in [-0.2, 0) is 36.9 Å². The average molecular weight is 581 g/mol. The number of aliphatic carboxylic acids is 2. The molecule has 2 amide bonds. The predicted octanol–water partition coefficient (Wildman–Crippen LogP) is 2.47. The molecule has 222 valence electrons. The van der Waals surface area contributed by atoms with Gasteiger partial charge in [0.25, 0.3) is 0 Å². The van der Waals surface area contributed by atoms with E-state index in [9.17, 15) is 29.4 Å². The first kappa shape index (κ1) is 36.2. The highest BCUT2D eigenvalue weighted by atomic mass is 28.4. The molecule has 0 heterocycles. The third kappa shape index (κ3) is 14.9. The van der Waals surface area contributed by atoms with Crippen molar-refractivity contribution in [2.75, 3.05) is 39.5 Å². The van der Waals surface area contributed by atoms with E-state index in [1.165, 1.54) is 0 Å². The predicted molar refractivity (Wildman–Crippen MR) is 146 cm³/mol. The van der Waals surface area contributed by atoms with E-state index in [0.717, 1.165) is 0 Å². The Balaban J connectivity index is 4.85. The first-order chi connectivity index (χ1) is 17.9. The van der Waals surface area contributed by atoms with Crippen molar-refractivity contribution < 1.29 is 47.1 Å². The fourth-order valence-corrected chi connectivity index (χ4v) is 9.04. The van der Waals surface area contributed by atoms with Gasteiger partial charge >= 0.3 is 29.1 Å². The molecule has 0 aliphatic heterocycles. The zero-order chi connectivity index (χ0) is 29.2. The van der Waals surface area contributed by atoms with Crippen LogP contribution in [0.4, 0.5) is 0 Å². The lowest BCUT2D eigenvalue weighted by molar-refractivity contribution is -0.156. The summed E-state index contributed by atoms with van der Waals surface area (Å²) in [4.78, 5) is 48.5. The van der Waals surface area contributed by atoms with E-state index in [0.29, 0.717) is 51.4 Å². The van der Waals surface area contributed by atoms with E-state index >= 15 is 0 Å². The molecule has 0 rings (SSSR count). The van der Waals surface area contributed by atoms with Crippen LogP contribution in [0.25, 0.3) is 0 Å². The second-order valence-electron chi connectivity index (χ2n) is 9.20. The number of carboxylic acid groups (broad SMARTS) is 2. The molecular formula is C24H48N2O10Si2. The minimum Gasteiger partial charge on any atom is -0.481 e. The summed E-state index contributed by atoms with van der Waals surface area (Å²) >= 11 is 0. The van der Waals surface area contributed by atoms with Crippen LogP contribution in [0.15, 0.2) is 0 Å². The van der Waals surface area contributed by atoms with Gasteiger partial charge in [0.1, 0.15) is 0 Å². The van der Waals surface area contributed by atoms with Crippen molar-refractivity contribution in [3.63, 3.8) is 0 Å². The summed E-state index contributed by atoms with van der Waals surface area (Å²) in [5.74, 6) is -7.15. The number of nitrogens with one attached hydrogen (secondary N) is 2. The van der Waals surface area contributed by atoms with Gasteiger partial charge in [0, 0.05) is 52.4 Å². The second kappa shape index (κ2) is 19.3. The molecule has 0 aromatic carbocycles. The highest BCUT2D eigenvalue weighted by Gasteiger charge is 2.37. The highest BCUT2D eigenvalue weighted by Crippen LogP contribution is 2.22. The Kier molecular flexibility index (Phi) is 18.3. The third-order valence-corrected chi connectivity index (χ3v) is 12.1. The van der Waals surface area contributed by atoms with Gasteiger partial charge in [-0.25, -0.2) is 0 Å². The van der Waals surface area contributed by atoms with Crippen LogP contribution in [0, 0.1) is 11.8 Å². The third-order valence-electron chi connectivity index (χ3n) is 5.99. The van der Waals surface area contributed by atoms with Crippen LogP contribution in [0.2, 0.25) is 25.2 Å². The van der Waals surface area contributed by atoms with Crippen molar-refractivity contribution in [2.45, 2.75) is 78.6 Å². The molecular weight excluding hydrogens is 532 g/mol. The normalized spacial score (nSPS) is 13.5. The Hall–Kier alpha value is -1.85. The number of carboxylic acids is 2. The fraction of sp³-hybridized carbons (Fsp3) is 0.833. The standard InChI is InChI=1S/C24H48N2O10Si2/c1-7-33-37(5,34-8-2)15-11-13-25-21(27)17-19(23(29)30)20(24(31)32)18-22(28)26-14-12-16-38(6,35-9-3)36-10-4/h19-20H,7-18H2,1-6H3,(H,25,27)(H,26,28)(H,29,30)(H,31,32). The Morgan fingerprint density at radius 2 is 0.921 bits per heavy atom. The van der Waals surface area contributed by atoms with Crippen molar-refractivity contribution in [3.8, 4) is 0 Å². The smallest absolute Gasteiger partial charge is 0.334 e. The van der Waals surface area contributed by atoms with Crippen LogP contribution in [0.5, 0.6) is 0 Å². The molecule has 0 fully saturated rings. The van der Waals surface area contributed by atoms with Crippen molar-refractivity contribution in [3.05, 3.63) is 0 Å². The van der Waals surface area contributed by atoms with E-state index in [1.807, 2.05) is 40.8 Å². The largest absolute Gasteiger partial charge is 0.481 e. The Morgan fingerprint density at radius 1 is 0.632 bits per heavy atom. The van der Waals surface area contributed by atoms with Gasteiger partial charge < -0.3 is 38.6 Å². The summed E-state index contributed by atoms with van der Waals surface area (Å²) < 4.78 is 23.0. The molecule has 2 unspecified atom stereocenters. The van der Waals surface area contributed by atoms with Gasteiger partial charge in [-0.05, 0) is 65.7 Å². The summed E-state index contributed by atoms with van der Waals surface area (Å²) in [6.07, 6.45) is 0.0622. The Bertz CT molecular complexity index is 669. The van der Waals surface area contributed by atoms with Crippen molar-refractivity contribution in [1.29, 1.82) is 0 Å². The van der Waals surface area contributed by atoms with Gasteiger partial charge in [0.2, 0.25) is 11.8 Å². The van der Waals surface area contributed by atoms with Crippen LogP contribution in [0.1, 0.15) is 53.4 Å². The molecule has 0 aromatic heterocycles. The quantitative estimate of drug-likeness (QED) is 0.104. The summed E-state index contributed by atoms with van der Waals surface area (Å²) in [6, 6.07) is 1.29. The zero-order valence-electron chi connectivity index (χ0n) is 23.8. The molecule has 0 aliphatic rings. The number of carbonyl (C=O) groups is 4. The lowest BCUT2D eigenvalue weighted by Crippen LogP contribution is -2.41. The minimum absolute atomic E-state index is 0.276. The molecule has 2 atom stereocenters. The van der Waals surface area contributed by atoms with Gasteiger partial charge in [-0.15, -0.1) is 0 Å². The van der Waals surface area contributed by atoms with E-state index in [2.05, 4.69) is 10.6 Å². The molecule has 4 N–H and O–H groups in total. The summed E-state index contributed by atoms with van der Waals surface area (Å²) in [5.41, 5.74) is 0. The maximum atomic E-state index is 12.4. The lowest BCUT2D eigenvalue weighted by atomic mass is 9.86. The maximum Gasteiger partial charge on any atom is 0.334 e. The van der Waals surface area contributed by atoms with Crippen LogP contribution >= 0.6 is 0 Å². The van der Waals surface area contributed by atoms with E-state index in [-0.39, 0.29) is 13.1 Å². The van der Waals surface area contributed by atoms with Crippen molar-refractivity contribution in [2.24, 2.45) is 11.8 Å². The number of hydrogen-bond donors (Lipinski definition) is 4. The number of rotatable bonds is 23. The molecule has 0 radical (unpaired) electrons. The minimum atomic E-state index is -2.34. The van der Waals surface area contributed by atoms with E-state index < -0.39 is 65.6 Å². The molecule has 38 heavy (non-hydrogen) atoms. The Labute approximate surface area is 228 Å². The molecule has 0 bridgehead atoms. The molecule has 0 saturated carbocycles. The van der Waals surface area contributed by atoms with Crippen LogP contribution in [-0.4, -0.2) is 90.6 Å². The monoisotopic (exact) mass is 580 g/mol. The number of carbonyl (C=O) groups excluding carboxylic acids is 2. The molecule has 12 nitrogen and oxygen atoms in total. The van der Waals surface area contributed by atoms with Gasteiger partial charge in [0.15, 0.2) is 0 Å². The maximum absolute atomic E-state index is 12.4. The molecule has 0 saturated heterocycles. The molecule has 0 spiro atoms. The topological polar surface area (TPSA) is 170 Å².